The van der Waals surface area contributed by atoms with Crippen molar-refractivity contribution in [3.8, 4) is 0 Å². The maximum atomic E-state index is 12.8. The average molecular weight is 249 g/mol. The quantitative estimate of drug-likeness (QED) is 0.795. The van der Waals surface area contributed by atoms with Gasteiger partial charge in [-0.1, -0.05) is 6.07 Å². The minimum atomic E-state index is -2.99. The van der Waals surface area contributed by atoms with Gasteiger partial charge in [-0.15, -0.1) is 0 Å². The summed E-state index contributed by atoms with van der Waals surface area (Å²) in [5.74, 6) is -1.77. The molecule has 90 valence electrons. The molecule has 0 fully saturated rings. The third-order valence-electron chi connectivity index (χ3n) is 1.96. The number of hydrogen-bond donors (Lipinski definition) is 1. The topological polar surface area (TPSA) is 46.2 Å². The summed E-state index contributed by atoms with van der Waals surface area (Å²) in [7, 11) is -2.99. The molecule has 0 spiro atoms. The minimum Gasteiger partial charge on any atom is -0.312 e. The van der Waals surface area contributed by atoms with Gasteiger partial charge in [-0.25, -0.2) is 17.2 Å². The van der Waals surface area contributed by atoms with Crippen molar-refractivity contribution in [3.05, 3.63) is 35.4 Å². The maximum absolute atomic E-state index is 12.8. The third kappa shape index (κ3) is 4.67. The highest BCUT2D eigenvalue weighted by atomic mass is 32.2. The monoisotopic (exact) mass is 249 g/mol. The Morgan fingerprint density at radius 1 is 1.25 bits per heavy atom. The molecule has 0 aromatic heterocycles. The maximum Gasteiger partial charge on any atom is 0.159 e. The zero-order chi connectivity index (χ0) is 12.2. The Labute approximate surface area is 93.4 Å². The fraction of sp³-hybridized carbons (Fsp3) is 0.400. The van der Waals surface area contributed by atoms with Crippen molar-refractivity contribution in [2.24, 2.45) is 0 Å². The molecule has 3 nitrogen and oxygen atoms in total. The summed E-state index contributed by atoms with van der Waals surface area (Å²) < 4.78 is 46.9. The number of hydrogen-bond acceptors (Lipinski definition) is 3. The van der Waals surface area contributed by atoms with Gasteiger partial charge in [0.05, 0.1) is 5.75 Å². The predicted octanol–water partition coefficient (Wildman–Crippen LogP) is 1.10. The summed E-state index contributed by atoms with van der Waals surface area (Å²) in [6.07, 6.45) is 1.15. The summed E-state index contributed by atoms with van der Waals surface area (Å²) in [6.45, 7) is 0.602. The Morgan fingerprint density at radius 2 is 1.94 bits per heavy atom. The van der Waals surface area contributed by atoms with Gasteiger partial charge >= 0.3 is 0 Å². The highest BCUT2D eigenvalue weighted by Crippen LogP contribution is 2.08. The van der Waals surface area contributed by atoms with Crippen molar-refractivity contribution < 1.29 is 17.2 Å². The highest BCUT2D eigenvalue weighted by molar-refractivity contribution is 7.90. The van der Waals surface area contributed by atoms with E-state index in [0.29, 0.717) is 12.1 Å². The minimum absolute atomic E-state index is 0.0245. The molecule has 1 N–H and O–H groups in total. The van der Waals surface area contributed by atoms with E-state index in [9.17, 15) is 17.2 Å². The van der Waals surface area contributed by atoms with Gasteiger partial charge in [-0.3, -0.25) is 0 Å². The zero-order valence-corrected chi connectivity index (χ0v) is 9.65. The van der Waals surface area contributed by atoms with E-state index in [0.717, 1.165) is 18.4 Å². The Balaban J connectivity index is 2.41. The summed E-state index contributed by atoms with van der Waals surface area (Å²) >= 11 is 0. The van der Waals surface area contributed by atoms with Gasteiger partial charge in [0.1, 0.15) is 9.84 Å². The largest absolute Gasteiger partial charge is 0.312 e. The van der Waals surface area contributed by atoms with E-state index in [1.165, 1.54) is 6.07 Å². The Hall–Kier alpha value is -1.01. The SMILES string of the molecule is CS(=O)(=O)CCNCc1ccc(F)c(F)c1. The van der Waals surface area contributed by atoms with Crippen molar-refractivity contribution >= 4 is 9.84 Å². The first-order valence-corrected chi connectivity index (χ1v) is 6.77. The van der Waals surface area contributed by atoms with Crippen LogP contribution in [0.25, 0.3) is 0 Å². The second kappa shape index (κ2) is 5.36. The first kappa shape index (κ1) is 13.1. The lowest BCUT2D eigenvalue weighted by Gasteiger charge is -2.04. The van der Waals surface area contributed by atoms with E-state index >= 15 is 0 Å². The van der Waals surface area contributed by atoms with Gasteiger partial charge in [0.15, 0.2) is 11.6 Å². The van der Waals surface area contributed by atoms with Gasteiger partial charge < -0.3 is 5.32 Å². The molecule has 1 aromatic rings. The van der Waals surface area contributed by atoms with Gasteiger partial charge in [0.2, 0.25) is 0 Å². The highest BCUT2D eigenvalue weighted by Gasteiger charge is 2.03. The molecule has 0 aliphatic heterocycles. The van der Waals surface area contributed by atoms with Crippen LogP contribution in [-0.4, -0.2) is 27.0 Å². The third-order valence-corrected chi connectivity index (χ3v) is 2.91. The summed E-state index contributed by atoms with van der Waals surface area (Å²) in [4.78, 5) is 0. The van der Waals surface area contributed by atoms with Crippen molar-refractivity contribution in [1.82, 2.24) is 5.32 Å². The molecule has 0 saturated heterocycles. The average Bonchev–Trinajstić information content (AvgIpc) is 2.17. The Morgan fingerprint density at radius 3 is 2.50 bits per heavy atom. The van der Waals surface area contributed by atoms with E-state index in [4.69, 9.17) is 0 Å². The van der Waals surface area contributed by atoms with Gasteiger partial charge in [0.25, 0.3) is 0 Å². The van der Waals surface area contributed by atoms with Crippen LogP contribution in [-0.2, 0) is 16.4 Å². The lowest BCUT2D eigenvalue weighted by Crippen LogP contribution is -2.22. The second-order valence-corrected chi connectivity index (χ2v) is 5.81. The molecule has 6 heteroatoms. The van der Waals surface area contributed by atoms with Crippen molar-refractivity contribution in [2.45, 2.75) is 6.54 Å². The summed E-state index contributed by atoms with van der Waals surface area (Å²) in [5, 5.41) is 2.84. The first-order chi connectivity index (χ1) is 7.38. The smallest absolute Gasteiger partial charge is 0.159 e. The van der Waals surface area contributed by atoms with Crippen LogP contribution in [0, 0.1) is 11.6 Å². The molecular formula is C10H13F2NO2S. The molecule has 1 aromatic carbocycles. The normalized spacial score (nSPS) is 11.7. The van der Waals surface area contributed by atoms with Crippen LogP contribution in [0.2, 0.25) is 0 Å². The van der Waals surface area contributed by atoms with Crippen LogP contribution >= 0.6 is 0 Å². The van der Waals surface area contributed by atoms with Gasteiger partial charge in [-0.05, 0) is 17.7 Å². The molecule has 0 bridgehead atoms. The van der Waals surface area contributed by atoms with Crippen molar-refractivity contribution in [1.29, 1.82) is 0 Å². The summed E-state index contributed by atoms with van der Waals surface area (Å²) in [5.41, 5.74) is 0.576. The van der Waals surface area contributed by atoms with Crippen LogP contribution < -0.4 is 5.32 Å². The molecular weight excluding hydrogens is 236 g/mol. The van der Waals surface area contributed by atoms with E-state index in [1.54, 1.807) is 0 Å². The number of benzene rings is 1. The molecule has 1 rings (SSSR count). The standard InChI is InChI=1S/C10H13F2NO2S/c1-16(14,15)5-4-13-7-8-2-3-9(11)10(12)6-8/h2-3,6,13H,4-5,7H2,1H3. The zero-order valence-electron chi connectivity index (χ0n) is 8.83. The van der Waals surface area contributed by atoms with E-state index < -0.39 is 21.5 Å². The molecule has 0 saturated carbocycles. The van der Waals surface area contributed by atoms with Gasteiger partial charge in [-0.2, -0.15) is 0 Å². The van der Waals surface area contributed by atoms with E-state index in [1.807, 2.05) is 0 Å². The number of rotatable bonds is 5. The molecule has 0 amide bonds. The number of sulfone groups is 1. The van der Waals surface area contributed by atoms with E-state index in [2.05, 4.69) is 5.32 Å². The van der Waals surface area contributed by atoms with Crippen LogP contribution in [0.1, 0.15) is 5.56 Å². The van der Waals surface area contributed by atoms with Crippen LogP contribution in [0.4, 0.5) is 8.78 Å². The summed E-state index contributed by atoms with van der Waals surface area (Å²) in [6, 6.07) is 3.58. The van der Waals surface area contributed by atoms with Gasteiger partial charge in [0, 0.05) is 19.3 Å². The number of halogens is 2. The predicted molar refractivity (Wildman–Crippen MR) is 57.8 cm³/mol. The lowest BCUT2D eigenvalue weighted by molar-refractivity contribution is 0.506. The first-order valence-electron chi connectivity index (χ1n) is 4.71. The molecule has 16 heavy (non-hydrogen) atoms. The van der Waals surface area contributed by atoms with Crippen molar-refractivity contribution in [3.63, 3.8) is 0 Å². The fourth-order valence-electron chi connectivity index (χ4n) is 1.14. The van der Waals surface area contributed by atoms with E-state index in [-0.39, 0.29) is 12.3 Å². The van der Waals surface area contributed by atoms with Crippen LogP contribution in [0.15, 0.2) is 18.2 Å². The molecule has 0 radical (unpaired) electrons. The Kier molecular flexibility index (Phi) is 4.37. The molecule has 0 atom stereocenters. The lowest BCUT2D eigenvalue weighted by atomic mass is 10.2. The Bertz CT molecular complexity index is 460. The fourth-order valence-corrected chi connectivity index (χ4v) is 1.66. The molecule has 0 aliphatic carbocycles. The molecule has 0 heterocycles. The molecule has 0 aliphatic rings. The van der Waals surface area contributed by atoms with Crippen molar-refractivity contribution in [2.75, 3.05) is 18.6 Å². The van der Waals surface area contributed by atoms with Crippen LogP contribution in [0.5, 0.6) is 0 Å². The second-order valence-electron chi connectivity index (χ2n) is 3.56. The van der Waals surface area contributed by atoms with Crippen LogP contribution in [0.3, 0.4) is 0 Å². The molecule has 0 unspecified atom stereocenters. The number of nitrogens with one attached hydrogen (secondary N) is 1.